The summed E-state index contributed by atoms with van der Waals surface area (Å²) in [6.07, 6.45) is 5.87. The normalized spacial score (nSPS) is 46.3. The Morgan fingerprint density at radius 1 is 0.762 bits per heavy atom. The van der Waals surface area contributed by atoms with Gasteiger partial charge in [-0.15, -0.1) is 0 Å². The minimum atomic E-state index is 0.948. The van der Waals surface area contributed by atoms with Crippen LogP contribution in [0.5, 0.6) is 0 Å². The second-order valence-electron chi connectivity index (χ2n) is 8.42. The van der Waals surface area contributed by atoms with Crippen LogP contribution in [0.25, 0.3) is 0 Å². The van der Waals surface area contributed by atoms with Crippen molar-refractivity contribution in [3.05, 3.63) is 0 Å². The number of likely N-dealkylation sites (tertiary alicyclic amines) is 2. The fourth-order valence-corrected chi connectivity index (χ4v) is 5.80. The Bertz CT molecular complexity index is 342. The van der Waals surface area contributed by atoms with E-state index in [-0.39, 0.29) is 0 Å². The van der Waals surface area contributed by atoms with Crippen LogP contribution >= 0.6 is 0 Å². The fraction of sp³-hybridized carbons (Fsp3) is 1.00. The lowest BCUT2D eigenvalue weighted by Gasteiger charge is -2.52. The summed E-state index contributed by atoms with van der Waals surface area (Å²) in [5, 5.41) is 0. The van der Waals surface area contributed by atoms with E-state index in [1.807, 2.05) is 0 Å². The van der Waals surface area contributed by atoms with Crippen molar-refractivity contribution in [1.82, 2.24) is 9.80 Å². The Morgan fingerprint density at radius 2 is 1.33 bits per heavy atom. The average Bonchev–Trinajstić information content (AvgIpc) is 2.50. The van der Waals surface area contributed by atoms with Crippen LogP contribution in [0.15, 0.2) is 0 Å². The number of rotatable bonds is 1. The molecule has 0 aromatic carbocycles. The highest BCUT2D eigenvalue weighted by Gasteiger charge is 2.44. The molecule has 6 atom stereocenters. The summed E-state index contributed by atoms with van der Waals surface area (Å²) in [6, 6.07) is 0. The summed E-state index contributed by atoms with van der Waals surface area (Å²) in [4.78, 5) is 5.34. The molecule has 1 aliphatic carbocycles. The molecule has 122 valence electrons. The van der Waals surface area contributed by atoms with E-state index in [0.717, 1.165) is 35.5 Å². The number of nitrogens with zero attached hydrogens (tertiary/aromatic N) is 2. The standard InChI is InChI=1S/C19H36N2/c1-5-21-11-9-17-15(3)7-6-14(2)16-8-10-20(4)12-18(16)19(17)13-21/h14-19H,5-13H2,1-4H3. The van der Waals surface area contributed by atoms with Gasteiger partial charge in [0.05, 0.1) is 0 Å². The molecule has 2 nitrogen and oxygen atoms in total. The summed E-state index contributed by atoms with van der Waals surface area (Å²) < 4.78 is 0. The molecule has 0 amide bonds. The Kier molecular flexibility index (Phi) is 4.95. The Labute approximate surface area is 132 Å². The average molecular weight is 293 g/mol. The molecular formula is C19H36N2. The molecule has 21 heavy (non-hydrogen) atoms. The van der Waals surface area contributed by atoms with Crippen molar-refractivity contribution < 1.29 is 0 Å². The van der Waals surface area contributed by atoms with E-state index in [1.165, 1.54) is 58.4 Å². The first-order valence-corrected chi connectivity index (χ1v) is 9.51. The molecule has 0 aromatic rings. The molecule has 2 saturated heterocycles. The molecule has 6 unspecified atom stereocenters. The minimum absolute atomic E-state index is 0.948. The summed E-state index contributed by atoms with van der Waals surface area (Å²) in [7, 11) is 2.35. The molecule has 0 N–H and O–H groups in total. The Morgan fingerprint density at radius 3 is 1.95 bits per heavy atom. The van der Waals surface area contributed by atoms with Crippen molar-refractivity contribution >= 4 is 0 Å². The highest BCUT2D eigenvalue weighted by atomic mass is 15.1. The third-order valence-electron chi connectivity index (χ3n) is 7.25. The zero-order chi connectivity index (χ0) is 15.0. The Hall–Kier alpha value is -0.0800. The molecule has 0 radical (unpaired) electrons. The van der Waals surface area contributed by atoms with Crippen molar-refractivity contribution in [2.45, 2.75) is 46.5 Å². The lowest BCUT2D eigenvalue weighted by atomic mass is 9.60. The molecular weight excluding hydrogens is 256 g/mol. The van der Waals surface area contributed by atoms with Gasteiger partial charge in [0.25, 0.3) is 0 Å². The molecule has 1 saturated carbocycles. The number of hydrogen-bond acceptors (Lipinski definition) is 2. The van der Waals surface area contributed by atoms with Gasteiger partial charge in [0.1, 0.15) is 0 Å². The summed E-state index contributed by atoms with van der Waals surface area (Å²) >= 11 is 0. The van der Waals surface area contributed by atoms with E-state index in [2.05, 4.69) is 37.6 Å². The van der Waals surface area contributed by atoms with Gasteiger partial charge in [0, 0.05) is 13.1 Å². The zero-order valence-electron chi connectivity index (χ0n) is 14.7. The van der Waals surface area contributed by atoms with Crippen LogP contribution in [-0.2, 0) is 0 Å². The monoisotopic (exact) mass is 292 g/mol. The summed E-state index contributed by atoms with van der Waals surface area (Å²) in [6.45, 7) is 14.1. The van der Waals surface area contributed by atoms with Gasteiger partial charge in [0.15, 0.2) is 0 Å². The summed E-state index contributed by atoms with van der Waals surface area (Å²) in [5.41, 5.74) is 0. The van der Waals surface area contributed by atoms with Crippen LogP contribution < -0.4 is 0 Å². The molecule has 2 aliphatic heterocycles. The second kappa shape index (κ2) is 6.58. The lowest BCUT2D eigenvalue weighted by Crippen LogP contribution is -2.53. The molecule has 3 fully saturated rings. The van der Waals surface area contributed by atoms with Crippen LogP contribution in [-0.4, -0.2) is 49.6 Å². The highest BCUT2D eigenvalue weighted by molar-refractivity contribution is 4.95. The van der Waals surface area contributed by atoms with Gasteiger partial charge < -0.3 is 9.80 Å². The first-order valence-electron chi connectivity index (χ1n) is 9.51. The van der Waals surface area contributed by atoms with E-state index in [0.29, 0.717) is 0 Å². The van der Waals surface area contributed by atoms with Gasteiger partial charge in [0.2, 0.25) is 0 Å². The predicted octanol–water partition coefficient (Wildman–Crippen LogP) is 3.58. The molecule has 0 spiro atoms. The molecule has 2 heterocycles. The van der Waals surface area contributed by atoms with Crippen LogP contribution in [0, 0.1) is 35.5 Å². The van der Waals surface area contributed by atoms with E-state index >= 15 is 0 Å². The smallest absolute Gasteiger partial charge is 0.00155 e. The zero-order valence-corrected chi connectivity index (χ0v) is 14.7. The van der Waals surface area contributed by atoms with Crippen molar-refractivity contribution in [2.24, 2.45) is 35.5 Å². The minimum Gasteiger partial charge on any atom is -0.306 e. The van der Waals surface area contributed by atoms with Gasteiger partial charge in [-0.05, 0) is 75.0 Å². The number of hydrogen-bond donors (Lipinski definition) is 0. The molecule has 0 bridgehead atoms. The van der Waals surface area contributed by atoms with Crippen molar-refractivity contribution in [3.63, 3.8) is 0 Å². The Balaban J connectivity index is 1.85. The largest absolute Gasteiger partial charge is 0.306 e. The van der Waals surface area contributed by atoms with E-state index in [4.69, 9.17) is 0 Å². The molecule has 3 rings (SSSR count). The van der Waals surface area contributed by atoms with Crippen LogP contribution in [0.1, 0.15) is 46.5 Å². The maximum Gasteiger partial charge on any atom is 0.00155 e. The predicted molar refractivity (Wildman–Crippen MR) is 90.4 cm³/mol. The van der Waals surface area contributed by atoms with E-state index in [1.54, 1.807) is 0 Å². The number of piperidine rings is 2. The third-order valence-corrected chi connectivity index (χ3v) is 7.25. The topological polar surface area (TPSA) is 6.48 Å². The molecule has 3 aliphatic rings. The van der Waals surface area contributed by atoms with Crippen LogP contribution in [0.3, 0.4) is 0 Å². The first kappa shape index (κ1) is 15.8. The van der Waals surface area contributed by atoms with Crippen LogP contribution in [0.4, 0.5) is 0 Å². The first-order chi connectivity index (χ1) is 10.1. The lowest BCUT2D eigenvalue weighted by molar-refractivity contribution is -0.0329. The molecule has 2 heteroatoms. The SMILES string of the molecule is CCN1CCC2C(C)CCC(C)C3CCN(C)CC3C2C1. The highest BCUT2D eigenvalue weighted by Crippen LogP contribution is 2.47. The van der Waals surface area contributed by atoms with Gasteiger partial charge in [-0.3, -0.25) is 0 Å². The van der Waals surface area contributed by atoms with E-state index < -0.39 is 0 Å². The maximum atomic E-state index is 2.73. The quantitative estimate of drug-likeness (QED) is 0.729. The van der Waals surface area contributed by atoms with Gasteiger partial charge in [-0.25, -0.2) is 0 Å². The van der Waals surface area contributed by atoms with Gasteiger partial charge in [-0.1, -0.05) is 33.6 Å². The van der Waals surface area contributed by atoms with Gasteiger partial charge >= 0.3 is 0 Å². The second-order valence-corrected chi connectivity index (χ2v) is 8.42. The third kappa shape index (κ3) is 3.17. The molecule has 0 aromatic heterocycles. The van der Waals surface area contributed by atoms with Crippen molar-refractivity contribution in [3.8, 4) is 0 Å². The fourth-order valence-electron chi connectivity index (χ4n) is 5.80. The van der Waals surface area contributed by atoms with Gasteiger partial charge in [-0.2, -0.15) is 0 Å². The summed E-state index contributed by atoms with van der Waals surface area (Å²) in [5.74, 6) is 5.82. The van der Waals surface area contributed by atoms with Crippen LogP contribution in [0.2, 0.25) is 0 Å². The maximum absolute atomic E-state index is 2.73. The van der Waals surface area contributed by atoms with E-state index in [9.17, 15) is 0 Å². The number of fused-ring (bicyclic) bond motifs is 3. The van der Waals surface area contributed by atoms with Crippen molar-refractivity contribution in [1.29, 1.82) is 0 Å². The van der Waals surface area contributed by atoms with Crippen molar-refractivity contribution in [2.75, 3.05) is 39.8 Å².